The monoisotopic (exact) mass is 359 g/mol. The number of allylic oxidation sites excluding steroid dienone is 1. The SMILES string of the molecule is C=CCC(F)c1cc(-c2c(F)cccc2Oc2cc(OC)ncn2)on1. The Labute approximate surface area is 148 Å². The normalized spacial score (nSPS) is 11.8. The highest BCUT2D eigenvalue weighted by Crippen LogP contribution is 2.37. The zero-order valence-corrected chi connectivity index (χ0v) is 13.9. The van der Waals surface area contributed by atoms with Crippen molar-refractivity contribution in [3.05, 3.63) is 60.8 Å². The second kappa shape index (κ2) is 7.73. The predicted octanol–water partition coefficient (Wildman–Crippen LogP) is 4.66. The average Bonchev–Trinajstić information content (AvgIpc) is 3.12. The number of nitrogens with zero attached hydrogens (tertiary/aromatic N) is 3. The Morgan fingerprint density at radius 1 is 1.27 bits per heavy atom. The molecule has 1 atom stereocenters. The van der Waals surface area contributed by atoms with Gasteiger partial charge in [0.05, 0.1) is 18.7 Å². The minimum atomic E-state index is -1.38. The quantitative estimate of drug-likeness (QED) is 0.572. The smallest absolute Gasteiger partial charge is 0.226 e. The predicted molar refractivity (Wildman–Crippen MR) is 89.2 cm³/mol. The van der Waals surface area contributed by atoms with Crippen LogP contribution in [-0.4, -0.2) is 22.2 Å². The molecule has 0 saturated heterocycles. The van der Waals surface area contributed by atoms with Gasteiger partial charge >= 0.3 is 0 Å². The standard InChI is InChI=1S/C18H15F2N3O3/c1-3-5-11(19)13-8-15(26-23-13)18-12(20)6-4-7-14(18)25-17-9-16(24-2)21-10-22-17/h3-4,6-11H,1,5H2,2H3. The van der Waals surface area contributed by atoms with Gasteiger partial charge in [-0.2, -0.15) is 0 Å². The number of halogens is 2. The number of hydrogen-bond acceptors (Lipinski definition) is 6. The summed E-state index contributed by atoms with van der Waals surface area (Å²) < 4.78 is 44.1. The third-order valence-electron chi connectivity index (χ3n) is 3.49. The molecule has 2 heterocycles. The first-order valence-corrected chi connectivity index (χ1v) is 7.66. The molecular weight excluding hydrogens is 344 g/mol. The maximum absolute atomic E-state index is 14.4. The lowest BCUT2D eigenvalue weighted by atomic mass is 10.1. The summed E-state index contributed by atoms with van der Waals surface area (Å²) in [5.74, 6) is 0.0110. The second-order valence-corrected chi connectivity index (χ2v) is 5.22. The largest absolute Gasteiger partial charge is 0.481 e. The van der Waals surface area contributed by atoms with Crippen molar-refractivity contribution in [1.82, 2.24) is 15.1 Å². The van der Waals surface area contributed by atoms with Crippen LogP contribution in [0, 0.1) is 5.82 Å². The molecule has 26 heavy (non-hydrogen) atoms. The summed E-state index contributed by atoms with van der Waals surface area (Å²) in [4.78, 5) is 7.82. The fraction of sp³-hybridized carbons (Fsp3) is 0.167. The zero-order valence-electron chi connectivity index (χ0n) is 13.9. The van der Waals surface area contributed by atoms with Gasteiger partial charge in [0.15, 0.2) is 5.76 Å². The van der Waals surface area contributed by atoms with E-state index in [-0.39, 0.29) is 35.1 Å². The molecule has 0 aliphatic carbocycles. The molecule has 0 aliphatic rings. The van der Waals surface area contributed by atoms with Crippen LogP contribution in [-0.2, 0) is 0 Å². The van der Waals surface area contributed by atoms with Crippen LogP contribution < -0.4 is 9.47 Å². The van der Waals surface area contributed by atoms with E-state index in [0.717, 1.165) is 0 Å². The van der Waals surface area contributed by atoms with Gasteiger partial charge in [0.1, 0.15) is 29.8 Å². The van der Waals surface area contributed by atoms with E-state index < -0.39 is 12.0 Å². The number of methoxy groups -OCH3 is 1. The fourth-order valence-corrected chi connectivity index (χ4v) is 2.25. The van der Waals surface area contributed by atoms with E-state index in [2.05, 4.69) is 21.7 Å². The topological polar surface area (TPSA) is 70.3 Å². The van der Waals surface area contributed by atoms with Gasteiger partial charge < -0.3 is 14.0 Å². The highest BCUT2D eigenvalue weighted by molar-refractivity contribution is 5.67. The third-order valence-corrected chi connectivity index (χ3v) is 3.49. The van der Waals surface area contributed by atoms with Gasteiger partial charge in [-0.05, 0) is 12.1 Å². The Morgan fingerprint density at radius 3 is 2.85 bits per heavy atom. The van der Waals surface area contributed by atoms with Gasteiger partial charge in [-0.15, -0.1) is 6.58 Å². The lowest BCUT2D eigenvalue weighted by molar-refractivity contribution is 0.317. The number of ether oxygens (including phenoxy) is 2. The van der Waals surface area contributed by atoms with Crippen LogP contribution >= 0.6 is 0 Å². The Hall–Kier alpha value is -3.29. The zero-order chi connectivity index (χ0) is 18.5. The molecule has 0 fully saturated rings. The van der Waals surface area contributed by atoms with Crippen molar-refractivity contribution in [2.24, 2.45) is 0 Å². The van der Waals surface area contributed by atoms with Crippen molar-refractivity contribution in [1.29, 1.82) is 0 Å². The highest BCUT2D eigenvalue weighted by atomic mass is 19.1. The minimum absolute atomic E-state index is 0.00892. The molecule has 2 aromatic heterocycles. The molecule has 1 aromatic carbocycles. The number of aromatic nitrogens is 3. The van der Waals surface area contributed by atoms with Crippen LogP contribution in [0.4, 0.5) is 8.78 Å². The second-order valence-electron chi connectivity index (χ2n) is 5.22. The summed E-state index contributed by atoms with van der Waals surface area (Å²) in [7, 11) is 1.45. The van der Waals surface area contributed by atoms with Crippen molar-refractivity contribution in [2.75, 3.05) is 7.11 Å². The van der Waals surface area contributed by atoms with Crippen LogP contribution in [0.25, 0.3) is 11.3 Å². The lowest BCUT2D eigenvalue weighted by Gasteiger charge is -2.09. The molecule has 0 radical (unpaired) electrons. The maximum atomic E-state index is 14.4. The van der Waals surface area contributed by atoms with E-state index in [1.54, 1.807) is 0 Å². The van der Waals surface area contributed by atoms with Crippen LogP contribution in [0.2, 0.25) is 0 Å². The average molecular weight is 359 g/mol. The summed E-state index contributed by atoms with van der Waals surface area (Å²) in [5, 5.41) is 3.66. The van der Waals surface area contributed by atoms with Gasteiger partial charge in [-0.1, -0.05) is 17.3 Å². The lowest BCUT2D eigenvalue weighted by Crippen LogP contribution is -1.95. The molecule has 0 spiro atoms. The van der Waals surface area contributed by atoms with Crippen molar-refractivity contribution in [3.8, 4) is 28.8 Å². The van der Waals surface area contributed by atoms with Crippen molar-refractivity contribution in [2.45, 2.75) is 12.6 Å². The molecule has 0 bridgehead atoms. The molecule has 3 aromatic rings. The summed E-state index contributed by atoms with van der Waals surface area (Å²) >= 11 is 0. The van der Waals surface area contributed by atoms with Gasteiger partial charge in [0.2, 0.25) is 11.8 Å². The van der Waals surface area contributed by atoms with E-state index in [1.807, 2.05) is 0 Å². The highest BCUT2D eigenvalue weighted by Gasteiger charge is 2.21. The molecule has 134 valence electrons. The Bertz CT molecular complexity index is 914. The van der Waals surface area contributed by atoms with E-state index in [0.29, 0.717) is 5.88 Å². The van der Waals surface area contributed by atoms with Crippen LogP contribution in [0.5, 0.6) is 17.5 Å². The fourth-order valence-electron chi connectivity index (χ4n) is 2.25. The Balaban J connectivity index is 1.96. The first-order valence-electron chi connectivity index (χ1n) is 7.66. The first-order chi connectivity index (χ1) is 12.6. The van der Waals surface area contributed by atoms with Crippen LogP contribution in [0.15, 0.2) is 53.8 Å². The number of alkyl halides is 1. The molecule has 0 aliphatic heterocycles. The molecule has 8 heteroatoms. The van der Waals surface area contributed by atoms with Crippen LogP contribution in [0.3, 0.4) is 0 Å². The molecule has 0 amide bonds. The molecule has 6 nitrogen and oxygen atoms in total. The number of benzene rings is 1. The molecule has 1 unspecified atom stereocenters. The van der Waals surface area contributed by atoms with Gasteiger partial charge in [-0.3, -0.25) is 0 Å². The van der Waals surface area contributed by atoms with Crippen LogP contribution in [0.1, 0.15) is 18.3 Å². The summed E-state index contributed by atoms with van der Waals surface area (Å²) in [6.07, 6.45) is 1.38. The summed E-state index contributed by atoms with van der Waals surface area (Å²) in [6, 6.07) is 7.02. The van der Waals surface area contributed by atoms with Crippen molar-refractivity contribution in [3.63, 3.8) is 0 Å². The van der Waals surface area contributed by atoms with Gasteiger partial charge in [0, 0.05) is 12.5 Å². The van der Waals surface area contributed by atoms with Gasteiger partial charge in [-0.25, -0.2) is 18.7 Å². The molecule has 0 saturated carbocycles. The minimum Gasteiger partial charge on any atom is -0.481 e. The van der Waals surface area contributed by atoms with Crippen molar-refractivity contribution < 1.29 is 22.8 Å². The summed E-state index contributed by atoms with van der Waals surface area (Å²) in [5.41, 5.74) is 0.0624. The Kier molecular flexibility index (Phi) is 5.21. The number of rotatable bonds is 7. The van der Waals surface area contributed by atoms with E-state index in [1.165, 1.54) is 49.8 Å². The number of hydrogen-bond donors (Lipinski definition) is 0. The molecular formula is C18H15F2N3O3. The molecule has 0 N–H and O–H groups in total. The maximum Gasteiger partial charge on any atom is 0.226 e. The molecule has 3 rings (SSSR count). The van der Waals surface area contributed by atoms with E-state index in [9.17, 15) is 8.78 Å². The van der Waals surface area contributed by atoms with E-state index >= 15 is 0 Å². The van der Waals surface area contributed by atoms with Gasteiger partial charge in [0.25, 0.3) is 0 Å². The third kappa shape index (κ3) is 3.69. The Morgan fingerprint density at radius 2 is 2.08 bits per heavy atom. The van der Waals surface area contributed by atoms with Crippen molar-refractivity contribution >= 4 is 0 Å². The summed E-state index contributed by atoms with van der Waals surface area (Å²) in [6.45, 7) is 3.48. The first kappa shape index (κ1) is 17.5. The van der Waals surface area contributed by atoms with E-state index in [4.69, 9.17) is 14.0 Å².